The van der Waals surface area contributed by atoms with Crippen LogP contribution in [-0.2, 0) is 20.7 Å². The number of aliphatic hydroxyl groups excluding tert-OH is 1. The number of carbonyl (C=O) groups is 2. The molecule has 3 aliphatic heterocycles. The van der Waals surface area contributed by atoms with E-state index in [0.29, 0.717) is 55.2 Å². The third-order valence-electron chi connectivity index (χ3n) is 7.42. The van der Waals surface area contributed by atoms with Crippen LogP contribution in [0.25, 0.3) is 5.76 Å². The molecule has 9 nitrogen and oxygen atoms in total. The molecule has 0 spiro atoms. The Labute approximate surface area is 222 Å². The second-order valence-electron chi connectivity index (χ2n) is 9.86. The predicted octanol–water partition coefficient (Wildman–Crippen LogP) is 3.17. The van der Waals surface area contributed by atoms with Gasteiger partial charge in [0.1, 0.15) is 29.1 Å². The molecule has 0 aliphatic carbocycles. The average Bonchev–Trinajstić information content (AvgIpc) is 3.43. The predicted molar refractivity (Wildman–Crippen MR) is 141 cm³/mol. The summed E-state index contributed by atoms with van der Waals surface area (Å²) in [5.41, 5.74) is 2.05. The summed E-state index contributed by atoms with van der Waals surface area (Å²) in [6.07, 6.45) is 1.42. The van der Waals surface area contributed by atoms with Gasteiger partial charge in [0.25, 0.3) is 11.7 Å². The second kappa shape index (κ2) is 11.0. The molecule has 9 heteroatoms. The van der Waals surface area contributed by atoms with E-state index < -0.39 is 17.7 Å². The fourth-order valence-corrected chi connectivity index (χ4v) is 5.50. The highest BCUT2D eigenvalue weighted by Gasteiger charge is 2.47. The van der Waals surface area contributed by atoms with Gasteiger partial charge in [0.05, 0.1) is 39.0 Å². The highest BCUT2D eigenvalue weighted by Crippen LogP contribution is 2.44. The third kappa shape index (κ3) is 4.96. The van der Waals surface area contributed by atoms with Gasteiger partial charge in [-0.2, -0.15) is 0 Å². The monoisotopic (exact) mass is 522 g/mol. The summed E-state index contributed by atoms with van der Waals surface area (Å²) >= 11 is 0. The van der Waals surface area contributed by atoms with Crippen LogP contribution in [0.1, 0.15) is 36.1 Å². The Kier molecular flexibility index (Phi) is 7.58. The summed E-state index contributed by atoms with van der Waals surface area (Å²) < 4.78 is 22.3. The molecular formula is C29H34N2O7. The van der Waals surface area contributed by atoms with Crippen molar-refractivity contribution in [2.24, 2.45) is 0 Å². The first-order valence-corrected chi connectivity index (χ1v) is 13.0. The van der Waals surface area contributed by atoms with Crippen LogP contribution in [0.4, 0.5) is 0 Å². The minimum absolute atomic E-state index is 0.0415. The van der Waals surface area contributed by atoms with Crippen LogP contribution in [0.2, 0.25) is 0 Å². The largest absolute Gasteiger partial charge is 0.507 e. The van der Waals surface area contributed by atoms with E-state index in [9.17, 15) is 14.7 Å². The molecule has 2 unspecified atom stereocenters. The second-order valence-corrected chi connectivity index (χ2v) is 9.86. The van der Waals surface area contributed by atoms with Crippen molar-refractivity contribution >= 4 is 17.4 Å². The number of aliphatic hydroxyl groups is 1. The third-order valence-corrected chi connectivity index (χ3v) is 7.42. The van der Waals surface area contributed by atoms with Crippen molar-refractivity contribution in [2.45, 2.75) is 31.9 Å². The number of hydrogen-bond acceptors (Lipinski definition) is 8. The number of nitrogens with zero attached hydrogens (tertiary/aromatic N) is 2. The zero-order chi connectivity index (χ0) is 26.8. The first-order valence-electron chi connectivity index (χ1n) is 13.0. The summed E-state index contributed by atoms with van der Waals surface area (Å²) in [6, 6.07) is 9.79. The topological polar surface area (TPSA) is 97.8 Å². The van der Waals surface area contributed by atoms with E-state index in [1.54, 1.807) is 42.3 Å². The van der Waals surface area contributed by atoms with E-state index in [2.05, 4.69) is 4.90 Å². The van der Waals surface area contributed by atoms with Gasteiger partial charge in [-0.25, -0.2) is 0 Å². The smallest absolute Gasteiger partial charge is 0.295 e. The minimum Gasteiger partial charge on any atom is -0.507 e. The van der Waals surface area contributed by atoms with Gasteiger partial charge >= 0.3 is 0 Å². The molecule has 2 atom stereocenters. The number of methoxy groups -OCH3 is 2. The number of Topliss-reactive ketones (excluding diaryl/α,β-unsaturated/α-hetero) is 1. The number of morpholine rings is 1. The molecule has 2 fully saturated rings. The van der Waals surface area contributed by atoms with E-state index in [0.717, 1.165) is 30.9 Å². The molecule has 1 N–H and O–H groups in total. The van der Waals surface area contributed by atoms with Gasteiger partial charge < -0.3 is 29.0 Å². The zero-order valence-electron chi connectivity index (χ0n) is 22.1. The van der Waals surface area contributed by atoms with Crippen LogP contribution >= 0.6 is 0 Å². The van der Waals surface area contributed by atoms with Crippen molar-refractivity contribution in [3.05, 3.63) is 58.7 Å². The van der Waals surface area contributed by atoms with Crippen molar-refractivity contribution in [3.63, 3.8) is 0 Å². The van der Waals surface area contributed by atoms with Crippen molar-refractivity contribution in [2.75, 3.05) is 53.6 Å². The van der Waals surface area contributed by atoms with Crippen LogP contribution < -0.4 is 14.2 Å². The molecule has 0 saturated carbocycles. The van der Waals surface area contributed by atoms with E-state index in [1.807, 2.05) is 13.0 Å². The number of benzene rings is 2. The Balaban J connectivity index is 1.55. The SMILES string of the molecule is COc1ccc(OC)c(C2C(=C(O)c3ccc4c(c3)CC(C)O4)C(=O)C(=O)N2CCCN2CCOCC2)c1. The maximum Gasteiger partial charge on any atom is 0.295 e. The molecule has 3 aliphatic rings. The Morgan fingerprint density at radius 3 is 2.58 bits per heavy atom. The number of amides is 1. The van der Waals surface area contributed by atoms with E-state index in [1.165, 1.54) is 7.11 Å². The highest BCUT2D eigenvalue weighted by atomic mass is 16.5. The molecule has 2 saturated heterocycles. The Bertz CT molecular complexity index is 1250. The van der Waals surface area contributed by atoms with Gasteiger partial charge in [0.2, 0.25) is 0 Å². The lowest BCUT2D eigenvalue weighted by molar-refractivity contribution is -0.140. The number of hydrogen-bond donors (Lipinski definition) is 1. The minimum atomic E-state index is -0.826. The number of ether oxygens (including phenoxy) is 4. The van der Waals surface area contributed by atoms with Crippen LogP contribution in [0, 0.1) is 0 Å². The molecule has 0 radical (unpaired) electrons. The molecule has 202 valence electrons. The van der Waals surface area contributed by atoms with Crippen molar-refractivity contribution in [1.82, 2.24) is 9.80 Å². The van der Waals surface area contributed by atoms with E-state index >= 15 is 0 Å². The lowest BCUT2D eigenvalue weighted by Crippen LogP contribution is -2.39. The van der Waals surface area contributed by atoms with Crippen LogP contribution in [0.3, 0.4) is 0 Å². The Morgan fingerprint density at radius 2 is 1.84 bits per heavy atom. The lowest BCUT2D eigenvalue weighted by atomic mass is 9.93. The van der Waals surface area contributed by atoms with Gasteiger partial charge in [0, 0.05) is 43.7 Å². The lowest BCUT2D eigenvalue weighted by Gasteiger charge is -2.29. The molecule has 1 amide bonds. The first kappa shape index (κ1) is 26.1. The first-order chi connectivity index (χ1) is 18.4. The van der Waals surface area contributed by atoms with Crippen molar-refractivity contribution < 1.29 is 33.6 Å². The summed E-state index contributed by atoms with van der Waals surface area (Å²) in [7, 11) is 3.09. The van der Waals surface area contributed by atoms with Gasteiger partial charge in [-0.15, -0.1) is 0 Å². The van der Waals surface area contributed by atoms with E-state index in [4.69, 9.17) is 18.9 Å². The molecular weight excluding hydrogens is 488 g/mol. The molecule has 38 heavy (non-hydrogen) atoms. The Morgan fingerprint density at radius 1 is 1.05 bits per heavy atom. The number of carbonyl (C=O) groups excluding carboxylic acids is 2. The molecule has 0 bridgehead atoms. The summed E-state index contributed by atoms with van der Waals surface area (Å²) in [6.45, 7) is 6.17. The molecule has 3 heterocycles. The summed E-state index contributed by atoms with van der Waals surface area (Å²) in [5.74, 6) is 0.261. The number of rotatable bonds is 8. The highest BCUT2D eigenvalue weighted by molar-refractivity contribution is 6.46. The average molecular weight is 523 g/mol. The van der Waals surface area contributed by atoms with E-state index in [-0.39, 0.29) is 17.4 Å². The Hall–Kier alpha value is -3.56. The molecule has 2 aromatic carbocycles. The molecule has 2 aromatic rings. The quantitative estimate of drug-likeness (QED) is 0.321. The normalized spacial score (nSPS) is 22.9. The molecule has 0 aromatic heterocycles. The standard InChI is InChI=1S/C29H34N2O7/c1-18-15-20-16-19(5-7-23(20)38-18)27(32)25-26(22-17-21(35-2)6-8-24(22)36-3)31(29(34)28(25)33)10-4-9-30-11-13-37-14-12-30/h5-8,16-18,26,32H,4,9-15H2,1-3H3. The van der Waals surface area contributed by atoms with Crippen molar-refractivity contribution in [3.8, 4) is 17.2 Å². The number of ketones is 1. The van der Waals surface area contributed by atoms with Crippen molar-refractivity contribution in [1.29, 1.82) is 0 Å². The number of fused-ring (bicyclic) bond motifs is 1. The maximum absolute atomic E-state index is 13.5. The van der Waals surface area contributed by atoms with Crippen LogP contribution in [-0.4, -0.2) is 86.3 Å². The fraction of sp³-hybridized carbons (Fsp3) is 0.448. The van der Waals surface area contributed by atoms with Gasteiger partial charge in [-0.05, 0) is 55.3 Å². The summed E-state index contributed by atoms with van der Waals surface area (Å²) in [4.78, 5) is 30.7. The van der Waals surface area contributed by atoms with Gasteiger partial charge in [-0.1, -0.05) is 0 Å². The van der Waals surface area contributed by atoms with Gasteiger partial charge in [0.15, 0.2) is 0 Å². The zero-order valence-corrected chi connectivity index (χ0v) is 22.1. The fourth-order valence-electron chi connectivity index (χ4n) is 5.50. The molecule has 5 rings (SSSR count). The van der Waals surface area contributed by atoms with Gasteiger partial charge in [-0.3, -0.25) is 14.5 Å². The van der Waals surface area contributed by atoms with Crippen LogP contribution in [0.15, 0.2) is 42.0 Å². The van der Waals surface area contributed by atoms with Crippen LogP contribution in [0.5, 0.6) is 17.2 Å². The summed E-state index contributed by atoms with van der Waals surface area (Å²) in [5, 5.41) is 11.5. The number of likely N-dealkylation sites (tertiary alicyclic amines) is 1. The maximum atomic E-state index is 13.5.